The minimum Gasteiger partial charge on any atom is -0.360 e. The molecule has 78 valence electrons. The summed E-state index contributed by atoms with van der Waals surface area (Å²) in [5, 5.41) is 2.98. The Morgan fingerprint density at radius 1 is 1.53 bits per heavy atom. The van der Waals surface area contributed by atoms with E-state index in [0.717, 1.165) is 5.69 Å². The van der Waals surface area contributed by atoms with Gasteiger partial charge in [-0.05, 0) is 19.1 Å². The molecule has 1 aromatic carbocycles. The molecule has 0 amide bonds. The first-order chi connectivity index (χ1) is 7.08. The van der Waals surface area contributed by atoms with E-state index in [1.165, 1.54) is 30.8 Å². The highest BCUT2D eigenvalue weighted by atomic mass is 35.5. The molecule has 0 aromatic heterocycles. The number of carbonyl (C=O) groups excluding carboxylic acids is 1. The predicted molar refractivity (Wildman–Crippen MR) is 59.7 cm³/mol. The largest absolute Gasteiger partial charge is 0.360 e. The van der Waals surface area contributed by atoms with Gasteiger partial charge >= 0.3 is 0 Å². The van der Waals surface area contributed by atoms with E-state index in [1.54, 1.807) is 6.20 Å². The Morgan fingerprint density at radius 3 is 2.93 bits per heavy atom. The summed E-state index contributed by atoms with van der Waals surface area (Å²) in [6, 6.07) is 2.83. The van der Waals surface area contributed by atoms with Gasteiger partial charge in [0.2, 0.25) is 0 Å². The van der Waals surface area contributed by atoms with Crippen LogP contribution in [0.25, 0.3) is 0 Å². The lowest BCUT2D eigenvalue weighted by Crippen LogP contribution is -2.03. The molecule has 2 rings (SSSR count). The van der Waals surface area contributed by atoms with Crippen molar-refractivity contribution in [3.8, 4) is 0 Å². The maximum atomic E-state index is 13.2. The van der Waals surface area contributed by atoms with Crippen molar-refractivity contribution < 1.29 is 9.18 Å². The van der Waals surface area contributed by atoms with Gasteiger partial charge in [-0.1, -0.05) is 23.4 Å². The second-order valence-corrected chi connectivity index (χ2v) is 4.56. The fourth-order valence-electron chi connectivity index (χ4n) is 1.19. The smallest absolute Gasteiger partial charge is 0.167 e. The number of hydrogen-bond acceptors (Lipinski definition) is 3. The Morgan fingerprint density at radius 2 is 2.27 bits per heavy atom. The number of hydrogen-bond donors (Lipinski definition) is 1. The molecule has 0 spiro atoms. The molecule has 1 aliphatic rings. The molecule has 0 bridgehead atoms. The fraction of sp³-hybridized carbons (Fsp3) is 0.100. The van der Waals surface area contributed by atoms with Crippen LogP contribution in [-0.4, -0.2) is 5.78 Å². The third-order valence-corrected chi connectivity index (χ3v) is 3.42. The molecule has 15 heavy (non-hydrogen) atoms. The average Bonchev–Trinajstić information content (AvgIpc) is 2.19. The van der Waals surface area contributed by atoms with E-state index < -0.39 is 5.82 Å². The van der Waals surface area contributed by atoms with Gasteiger partial charge in [0.05, 0.1) is 15.6 Å². The van der Waals surface area contributed by atoms with E-state index in [-0.39, 0.29) is 10.8 Å². The summed E-state index contributed by atoms with van der Waals surface area (Å²) in [6.45, 7) is 1.47. The number of halogens is 2. The topological polar surface area (TPSA) is 29.1 Å². The van der Waals surface area contributed by atoms with Crippen LogP contribution in [0.15, 0.2) is 28.1 Å². The molecule has 0 fully saturated rings. The molecule has 0 saturated carbocycles. The second kappa shape index (κ2) is 3.87. The standard InChI is InChI=1S/C10H7ClFNOS/c1-5(14)10-4-13-8-2-6(11)7(12)3-9(8)15-10/h2-4,13H,1H3. The number of allylic oxidation sites excluding steroid dienone is 1. The molecule has 2 nitrogen and oxygen atoms in total. The molecule has 0 unspecified atom stereocenters. The maximum absolute atomic E-state index is 13.2. The SMILES string of the molecule is CC(=O)C1=CNc2cc(Cl)c(F)cc2S1. The Hall–Kier alpha value is -1.00. The normalized spacial score (nSPS) is 13.9. The zero-order valence-corrected chi connectivity index (χ0v) is 9.38. The molecular weight excluding hydrogens is 237 g/mol. The van der Waals surface area contributed by atoms with E-state index in [4.69, 9.17) is 11.6 Å². The van der Waals surface area contributed by atoms with Crippen molar-refractivity contribution in [2.45, 2.75) is 11.8 Å². The van der Waals surface area contributed by atoms with Gasteiger partial charge in [-0.15, -0.1) is 0 Å². The van der Waals surface area contributed by atoms with Gasteiger partial charge in [0.1, 0.15) is 5.82 Å². The number of thioether (sulfide) groups is 1. The van der Waals surface area contributed by atoms with Crippen LogP contribution >= 0.6 is 23.4 Å². The minimum absolute atomic E-state index is 0.0477. The summed E-state index contributed by atoms with van der Waals surface area (Å²) >= 11 is 6.87. The number of anilines is 1. The van der Waals surface area contributed by atoms with Crippen molar-refractivity contribution in [2.75, 3.05) is 5.32 Å². The van der Waals surface area contributed by atoms with Gasteiger partial charge in [-0.3, -0.25) is 4.79 Å². The van der Waals surface area contributed by atoms with Crippen LogP contribution in [0.4, 0.5) is 10.1 Å². The van der Waals surface area contributed by atoms with E-state index in [9.17, 15) is 9.18 Å². The zero-order chi connectivity index (χ0) is 11.0. The van der Waals surface area contributed by atoms with Gasteiger partial charge in [0.15, 0.2) is 5.78 Å². The quantitative estimate of drug-likeness (QED) is 0.819. The first kappa shape index (κ1) is 10.5. The van der Waals surface area contributed by atoms with Crippen LogP contribution in [0.3, 0.4) is 0 Å². The van der Waals surface area contributed by atoms with Crippen LogP contribution < -0.4 is 5.32 Å². The Bertz CT molecular complexity index is 473. The molecule has 0 atom stereocenters. The van der Waals surface area contributed by atoms with E-state index in [1.807, 2.05) is 0 Å². The molecule has 1 N–H and O–H groups in total. The van der Waals surface area contributed by atoms with E-state index in [2.05, 4.69) is 5.32 Å². The zero-order valence-electron chi connectivity index (χ0n) is 7.80. The van der Waals surface area contributed by atoms with Gasteiger partial charge in [-0.2, -0.15) is 0 Å². The summed E-state index contributed by atoms with van der Waals surface area (Å²) in [5.74, 6) is -0.525. The van der Waals surface area contributed by atoms with Gasteiger partial charge in [0.25, 0.3) is 0 Å². The number of benzene rings is 1. The van der Waals surface area contributed by atoms with Crippen molar-refractivity contribution in [3.63, 3.8) is 0 Å². The Labute approximate surface area is 95.5 Å². The second-order valence-electron chi connectivity index (χ2n) is 3.07. The first-order valence-corrected chi connectivity index (χ1v) is 5.42. The molecule has 0 saturated heterocycles. The molecule has 1 aromatic rings. The maximum Gasteiger partial charge on any atom is 0.167 e. The third kappa shape index (κ3) is 2.01. The van der Waals surface area contributed by atoms with Crippen molar-refractivity contribution >= 4 is 34.8 Å². The molecule has 0 radical (unpaired) electrons. The number of Topliss-reactive ketones (excluding diaryl/α,β-unsaturated/α-hetero) is 1. The predicted octanol–water partition coefficient (Wildman–Crippen LogP) is 3.43. The molecule has 0 aliphatic carbocycles. The molecule has 5 heteroatoms. The van der Waals surface area contributed by atoms with Crippen LogP contribution in [0, 0.1) is 5.82 Å². The highest BCUT2D eigenvalue weighted by molar-refractivity contribution is 8.04. The Kier molecular flexibility index (Phi) is 2.71. The average molecular weight is 244 g/mol. The lowest BCUT2D eigenvalue weighted by molar-refractivity contribution is -0.112. The number of fused-ring (bicyclic) bond motifs is 1. The lowest BCUT2D eigenvalue weighted by atomic mass is 10.3. The van der Waals surface area contributed by atoms with E-state index in [0.29, 0.717) is 9.80 Å². The molecule has 1 heterocycles. The van der Waals surface area contributed by atoms with Crippen LogP contribution in [-0.2, 0) is 4.79 Å². The summed E-state index contributed by atoms with van der Waals surface area (Å²) in [5.41, 5.74) is 0.719. The van der Waals surface area contributed by atoms with Crippen molar-refractivity contribution in [3.05, 3.63) is 34.1 Å². The monoisotopic (exact) mass is 243 g/mol. The highest BCUT2D eigenvalue weighted by Gasteiger charge is 2.16. The van der Waals surface area contributed by atoms with Crippen LogP contribution in [0.1, 0.15) is 6.92 Å². The van der Waals surface area contributed by atoms with Crippen LogP contribution in [0.5, 0.6) is 0 Å². The van der Waals surface area contributed by atoms with E-state index >= 15 is 0 Å². The summed E-state index contributed by atoms with van der Waals surface area (Å²) < 4.78 is 13.2. The van der Waals surface area contributed by atoms with Crippen molar-refractivity contribution in [2.24, 2.45) is 0 Å². The summed E-state index contributed by atoms with van der Waals surface area (Å²) in [7, 11) is 0. The van der Waals surface area contributed by atoms with Crippen molar-refractivity contribution in [1.29, 1.82) is 0 Å². The fourth-order valence-corrected chi connectivity index (χ4v) is 2.24. The number of nitrogens with one attached hydrogen (secondary N) is 1. The van der Waals surface area contributed by atoms with Crippen molar-refractivity contribution in [1.82, 2.24) is 0 Å². The molecule has 1 aliphatic heterocycles. The van der Waals surface area contributed by atoms with Crippen LogP contribution in [0.2, 0.25) is 5.02 Å². The highest BCUT2D eigenvalue weighted by Crippen LogP contribution is 2.39. The summed E-state index contributed by atoms with van der Waals surface area (Å²) in [4.78, 5) is 12.3. The minimum atomic E-state index is -0.477. The number of rotatable bonds is 1. The summed E-state index contributed by atoms with van der Waals surface area (Å²) in [6.07, 6.45) is 1.60. The lowest BCUT2D eigenvalue weighted by Gasteiger charge is -2.16. The molecular formula is C10H7ClFNOS. The third-order valence-electron chi connectivity index (χ3n) is 1.95. The Balaban J connectivity index is 2.40. The number of ketones is 1. The van der Waals surface area contributed by atoms with Gasteiger partial charge < -0.3 is 5.32 Å². The first-order valence-electron chi connectivity index (χ1n) is 4.22. The number of carbonyl (C=O) groups is 1. The van der Waals surface area contributed by atoms with Gasteiger partial charge in [0, 0.05) is 11.1 Å². The van der Waals surface area contributed by atoms with Gasteiger partial charge in [-0.25, -0.2) is 4.39 Å².